The summed E-state index contributed by atoms with van der Waals surface area (Å²) in [6.07, 6.45) is 0.264. The van der Waals surface area contributed by atoms with Crippen molar-refractivity contribution in [2.45, 2.75) is 13.3 Å². The fraction of sp³-hybridized carbons (Fsp3) is 0.211. The zero-order chi connectivity index (χ0) is 18.9. The van der Waals surface area contributed by atoms with Crippen molar-refractivity contribution in [2.24, 2.45) is 0 Å². The number of ether oxygens (including phenoxy) is 1. The Balaban J connectivity index is 1.75. The summed E-state index contributed by atoms with van der Waals surface area (Å²) in [5, 5.41) is 5.47. The summed E-state index contributed by atoms with van der Waals surface area (Å²) in [5.41, 5.74) is 1.28. The molecule has 0 fully saturated rings. The number of benzene rings is 2. The van der Waals surface area contributed by atoms with Crippen LogP contribution < -0.4 is 15.4 Å². The Bertz CT molecular complexity index is 808. The molecule has 2 aromatic carbocycles. The van der Waals surface area contributed by atoms with Gasteiger partial charge in [0, 0.05) is 30.0 Å². The van der Waals surface area contributed by atoms with E-state index < -0.39 is 5.97 Å². The molecule has 0 saturated carbocycles. The number of carbonyl (C=O) groups is 3. The molecule has 0 atom stereocenters. The lowest BCUT2D eigenvalue weighted by Gasteiger charge is -2.09. The molecule has 2 rings (SSSR count). The molecule has 136 valence electrons. The largest absolute Gasteiger partial charge is 0.427 e. The predicted octanol–water partition coefficient (Wildman–Crippen LogP) is 2.46. The highest BCUT2D eigenvalue weighted by molar-refractivity contribution is 9.10. The van der Waals surface area contributed by atoms with Crippen molar-refractivity contribution >= 4 is 33.7 Å². The molecule has 0 heterocycles. The van der Waals surface area contributed by atoms with Crippen LogP contribution in [0.3, 0.4) is 0 Å². The van der Waals surface area contributed by atoms with Gasteiger partial charge in [-0.25, -0.2) is 0 Å². The van der Waals surface area contributed by atoms with Crippen molar-refractivity contribution in [3.8, 4) is 5.75 Å². The molecule has 0 aliphatic carbocycles. The first-order valence-corrected chi connectivity index (χ1v) is 8.82. The third-order valence-corrected chi connectivity index (χ3v) is 4.17. The maximum atomic E-state index is 12.1. The first-order chi connectivity index (χ1) is 12.5. The van der Waals surface area contributed by atoms with Crippen LogP contribution in [0.15, 0.2) is 53.0 Å². The SMILES string of the molecule is CC(=O)Oc1cccc(C(=O)NCCNC(=O)Cc2ccccc2Br)c1. The van der Waals surface area contributed by atoms with Crippen molar-refractivity contribution in [3.63, 3.8) is 0 Å². The van der Waals surface area contributed by atoms with Gasteiger partial charge in [0.25, 0.3) is 5.91 Å². The van der Waals surface area contributed by atoms with Crippen molar-refractivity contribution in [2.75, 3.05) is 13.1 Å². The molecule has 0 bridgehead atoms. The Hall–Kier alpha value is -2.67. The Kier molecular flexibility index (Phi) is 7.35. The number of nitrogens with one attached hydrogen (secondary N) is 2. The Morgan fingerprint density at radius 2 is 1.73 bits per heavy atom. The Labute approximate surface area is 160 Å². The number of carbonyl (C=O) groups excluding carboxylic acids is 3. The number of rotatable bonds is 7. The number of hydrogen-bond acceptors (Lipinski definition) is 4. The van der Waals surface area contributed by atoms with Crippen LogP contribution in [0.1, 0.15) is 22.8 Å². The van der Waals surface area contributed by atoms with E-state index in [1.54, 1.807) is 18.2 Å². The number of halogens is 1. The predicted molar refractivity (Wildman–Crippen MR) is 101 cm³/mol. The van der Waals surface area contributed by atoms with Crippen molar-refractivity contribution < 1.29 is 19.1 Å². The highest BCUT2D eigenvalue weighted by Gasteiger charge is 2.09. The van der Waals surface area contributed by atoms with Gasteiger partial charge in [-0.15, -0.1) is 0 Å². The van der Waals surface area contributed by atoms with Crippen LogP contribution in [-0.4, -0.2) is 30.9 Å². The van der Waals surface area contributed by atoms with E-state index in [2.05, 4.69) is 26.6 Å². The summed E-state index contributed by atoms with van der Waals surface area (Å²) in [6, 6.07) is 13.9. The van der Waals surface area contributed by atoms with Crippen LogP contribution in [-0.2, 0) is 16.0 Å². The highest BCUT2D eigenvalue weighted by Crippen LogP contribution is 2.16. The van der Waals surface area contributed by atoms with E-state index in [4.69, 9.17) is 4.74 Å². The maximum Gasteiger partial charge on any atom is 0.308 e. The molecular weight excluding hydrogens is 400 g/mol. The topological polar surface area (TPSA) is 84.5 Å². The van der Waals surface area contributed by atoms with Gasteiger partial charge in [-0.05, 0) is 29.8 Å². The van der Waals surface area contributed by atoms with Crippen molar-refractivity contribution in [1.82, 2.24) is 10.6 Å². The van der Waals surface area contributed by atoms with E-state index in [1.165, 1.54) is 13.0 Å². The van der Waals surface area contributed by atoms with Gasteiger partial charge < -0.3 is 15.4 Å². The van der Waals surface area contributed by atoms with E-state index in [-0.39, 0.29) is 18.2 Å². The van der Waals surface area contributed by atoms with Gasteiger partial charge in [0.2, 0.25) is 5.91 Å². The average Bonchev–Trinajstić information content (AvgIpc) is 2.60. The van der Waals surface area contributed by atoms with E-state index in [1.807, 2.05) is 24.3 Å². The van der Waals surface area contributed by atoms with Gasteiger partial charge in [0.1, 0.15) is 5.75 Å². The first kappa shape index (κ1) is 19.7. The molecule has 0 aliphatic heterocycles. The minimum Gasteiger partial charge on any atom is -0.427 e. The molecule has 2 amide bonds. The van der Waals surface area contributed by atoms with E-state index >= 15 is 0 Å². The first-order valence-electron chi connectivity index (χ1n) is 8.02. The minimum absolute atomic E-state index is 0.122. The normalized spacial score (nSPS) is 10.1. The number of hydrogen-bond donors (Lipinski definition) is 2. The third-order valence-electron chi connectivity index (χ3n) is 3.40. The lowest BCUT2D eigenvalue weighted by Crippen LogP contribution is -2.35. The molecule has 2 N–H and O–H groups in total. The quantitative estimate of drug-likeness (QED) is 0.410. The summed E-state index contributed by atoms with van der Waals surface area (Å²) in [4.78, 5) is 35.0. The Morgan fingerprint density at radius 1 is 1.00 bits per heavy atom. The molecule has 0 aromatic heterocycles. The molecule has 0 unspecified atom stereocenters. The Morgan fingerprint density at radius 3 is 2.46 bits per heavy atom. The third kappa shape index (κ3) is 6.33. The summed E-state index contributed by atoms with van der Waals surface area (Å²) in [5.74, 6) is -0.565. The highest BCUT2D eigenvalue weighted by atomic mass is 79.9. The summed E-state index contributed by atoms with van der Waals surface area (Å²) in [7, 11) is 0. The second-order valence-corrected chi connectivity index (χ2v) is 6.35. The van der Waals surface area contributed by atoms with E-state index in [0.717, 1.165) is 10.0 Å². The molecule has 6 nitrogen and oxygen atoms in total. The van der Waals surface area contributed by atoms with Crippen molar-refractivity contribution in [3.05, 3.63) is 64.1 Å². The lowest BCUT2D eigenvalue weighted by molar-refractivity contribution is -0.131. The summed E-state index contributed by atoms with van der Waals surface area (Å²) in [6.45, 7) is 1.90. The van der Waals surface area contributed by atoms with Crippen LogP contribution in [0.25, 0.3) is 0 Å². The van der Waals surface area contributed by atoms with Crippen LogP contribution in [0.4, 0.5) is 0 Å². The number of esters is 1. The van der Waals surface area contributed by atoms with Crippen LogP contribution >= 0.6 is 15.9 Å². The molecular formula is C19H19BrN2O4. The molecule has 0 aliphatic rings. The minimum atomic E-state index is -0.449. The summed E-state index contributed by atoms with van der Waals surface area (Å²) >= 11 is 3.40. The molecule has 26 heavy (non-hydrogen) atoms. The molecule has 0 spiro atoms. The zero-order valence-corrected chi connectivity index (χ0v) is 15.8. The summed E-state index contributed by atoms with van der Waals surface area (Å²) < 4.78 is 5.83. The van der Waals surface area contributed by atoms with Gasteiger partial charge in [0.15, 0.2) is 0 Å². The fourth-order valence-electron chi connectivity index (χ4n) is 2.22. The van der Waals surface area contributed by atoms with Crippen molar-refractivity contribution in [1.29, 1.82) is 0 Å². The van der Waals surface area contributed by atoms with Gasteiger partial charge in [-0.2, -0.15) is 0 Å². The monoisotopic (exact) mass is 418 g/mol. The fourth-order valence-corrected chi connectivity index (χ4v) is 2.65. The van der Waals surface area contributed by atoms with Gasteiger partial charge >= 0.3 is 5.97 Å². The second kappa shape index (κ2) is 9.72. The van der Waals surface area contributed by atoms with Gasteiger partial charge in [0.05, 0.1) is 6.42 Å². The average molecular weight is 419 g/mol. The lowest BCUT2D eigenvalue weighted by atomic mass is 10.1. The molecule has 2 aromatic rings. The molecule has 0 radical (unpaired) electrons. The maximum absolute atomic E-state index is 12.1. The van der Waals surface area contributed by atoms with Gasteiger partial charge in [-0.1, -0.05) is 40.2 Å². The van der Waals surface area contributed by atoms with Crippen LogP contribution in [0.2, 0.25) is 0 Å². The number of amides is 2. The van der Waals surface area contributed by atoms with Crippen LogP contribution in [0.5, 0.6) is 5.75 Å². The zero-order valence-electron chi connectivity index (χ0n) is 14.3. The smallest absolute Gasteiger partial charge is 0.308 e. The van der Waals surface area contributed by atoms with E-state index in [9.17, 15) is 14.4 Å². The molecule has 7 heteroatoms. The van der Waals surface area contributed by atoms with E-state index in [0.29, 0.717) is 24.4 Å². The second-order valence-electron chi connectivity index (χ2n) is 5.50. The van der Waals surface area contributed by atoms with Gasteiger partial charge in [-0.3, -0.25) is 14.4 Å². The van der Waals surface area contributed by atoms with Crippen LogP contribution in [0, 0.1) is 0 Å². The molecule has 0 saturated heterocycles. The standard InChI is InChI=1S/C19H19BrN2O4/c1-13(23)26-16-7-4-6-15(11-16)19(25)22-10-9-21-18(24)12-14-5-2-3-8-17(14)20/h2-8,11H,9-10,12H2,1H3,(H,21,24)(H,22,25).